The van der Waals surface area contributed by atoms with Crippen LogP contribution in [0, 0.1) is 20.8 Å². The van der Waals surface area contributed by atoms with Crippen LogP contribution in [0.15, 0.2) is 46.7 Å². The number of hydrogen-bond donors (Lipinski definition) is 2. The van der Waals surface area contributed by atoms with Crippen LogP contribution < -0.4 is 4.72 Å². The molecule has 0 aliphatic heterocycles. The molecular formula is C20H20N2O4S2. The van der Waals surface area contributed by atoms with Crippen molar-refractivity contribution in [2.24, 2.45) is 0 Å². The molecule has 0 saturated heterocycles. The Morgan fingerprint density at radius 1 is 1.14 bits per heavy atom. The fourth-order valence-electron chi connectivity index (χ4n) is 2.78. The maximum absolute atomic E-state index is 12.7. The molecule has 0 amide bonds. The first kappa shape index (κ1) is 20.2. The number of sulfonamides is 1. The zero-order valence-corrected chi connectivity index (χ0v) is 17.3. The second-order valence-electron chi connectivity index (χ2n) is 6.49. The summed E-state index contributed by atoms with van der Waals surface area (Å²) in [5.41, 5.74) is 3.76. The monoisotopic (exact) mass is 416 g/mol. The lowest BCUT2D eigenvalue weighted by atomic mass is 10.1. The van der Waals surface area contributed by atoms with Crippen LogP contribution in [0.2, 0.25) is 0 Å². The summed E-state index contributed by atoms with van der Waals surface area (Å²) in [4.78, 5) is 15.7. The molecule has 0 fully saturated rings. The lowest BCUT2D eigenvalue weighted by molar-refractivity contribution is 0.0696. The highest BCUT2D eigenvalue weighted by atomic mass is 32.2. The lowest BCUT2D eigenvalue weighted by Crippen LogP contribution is -2.24. The number of benzene rings is 2. The summed E-state index contributed by atoms with van der Waals surface area (Å²) in [6.45, 7) is 5.41. The molecule has 28 heavy (non-hydrogen) atoms. The Morgan fingerprint density at radius 2 is 1.82 bits per heavy atom. The average molecular weight is 417 g/mol. The molecule has 0 saturated carbocycles. The molecule has 3 rings (SSSR count). The average Bonchev–Trinajstić information content (AvgIpc) is 3.08. The molecule has 0 aliphatic carbocycles. The van der Waals surface area contributed by atoms with Crippen molar-refractivity contribution >= 4 is 27.3 Å². The third-order valence-electron chi connectivity index (χ3n) is 4.49. The van der Waals surface area contributed by atoms with Gasteiger partial charge in [-0.3, -0.25) is 0 Å². The minimum Gasteiger partial charge on any atom is -0.478 e. The molecule has 1 aromatic heterocycles. The predicted molar refractivity (Wildman–Crippen MR) is 109 cm³/mol. The molecule has 0 spiro atoms. The number of thiazole rings is 1. The van der Waals surface area contributed by atoms with E-state index in [9.17, 15) is 18.3 Å². The number of nitrogens with zero attached hydrogens (tertiary/aromatic N) is 1. The molecule has 8 heteroatoms. The molecule has 0 aliphatic rings. The highest BCUT2D eigenvalue weighted by Crippen LogP contribution is 2.23. The Labute approximate surface area is 167 Å². The number of hydrogen-bond acceptors (Lipinski definition) is 5. The molecule has 0 radical (unpaired) electrons. The molecule has 6 nitrogen and oxygen atoms in total. The van der Waals surface area contributed by atoms with E-state index in [1.54, 1.807) is 25.2 Å². The summed E-state index contributed by atoms with van der Waals surface area (Å²) in [5, 5.41) is 12.2. The molecular weight excluding hydrogens is 396 g/mol. The number of carboxylic acids is 1. The molecule has 1 heterocycles. The van der Waals surface area contributed by atoms with Gasteiger partial charge in [0.25, 0.3) is 0 Å². The van der Waals surface area contributed by atoms with Crippen LogP contribution >= 0.6 is 11.3 Å². The van der Waals surface area contributed by atoms with Crippen LogP contribution in [0.25, 0.3) is 11.3 Å². The fourth-order valence-corrected chi connectivity index (χ4v) is 4.76. The number of carbonyl (C=O) groups is 1. The van der Waals surface area contributed by atoms with Crippen molar-refractivity contribution in [3.05, 3.63) is 69.0 Å². The van der Waals surface area contributed by atoms with Gasteiger partial charge in [0, 0.05) is 17.5 Å². The third kappa shape index (κ3) is 4.30. The highest BCUT2D eigenvalue weighted by molar-refractivity contribution is 7.89. The van der Waals surface area contributed by atoms with Gasteiger partial charge in [0.2, 0.25) is 10.0 Å². The van der Waals surface area contributed by atoms with Gasteiger partial charge >= 0.3 is 5.97 Å². The van der Waals surface area contributed by atoms with E-state index in [2.05, 4.69) is 9.71 Å². The lowest BCUT2D eigenvalue weighted by Gasteiger charge is -2.12. The molecule has 0 unspecified atom stereocenters. The predicted octanol–water partition coefficient (Wildman–Crippen LogP) is 3.91. The number of carboxylic acid groups (broad SMARTS) is 1. The van der Waals surface area contributed by atoms with Gasteiger partial charge < -0.3 is 5.11 Å². The van der Waals surface area contributed by atoms with Crippen LogP contribution in [0.5, 0.6) is 0 Å². The normalized spacial score (nSPS) is 11.5. The van der Waals surface area contributed by atoms with Gasteiger partial charge in [-0.25, -0.2) is 22.9 Å². The summed E-state index contributed by atoms with van der Waals surface area (Å²) in [5.74, 6) is -1.16. The molecule has 2 N–H and O–H groups in total. The summed E-state index contributed by atoms with van der Waals surface area (Å²) < 4.78 is 28.0. The number of rotatable bonds is 6. The van der Waals surface area contributed by atoms with Crippen molar-refractivity contribution in [2.45, 2.75) is 32.2 Å². The molecule has 146 valence electrons. The van der Waals surface area contributed by atoms with Crippen LogP contribution in [0.4, 0.5) is 0 Å². The van der Waals surface area contributed by atoms with Crippen molar-refractivity contribution in [3.8, 4) is 11.3 Å². The van der Waals surface area contributed by atoms with Crippen molar-refractivity contribution < 1.29 is 18.3 Å². The first-order valence-electron chi connectivity index (χ1n) is 8.53. The second kappa shape index (κ2) is 7.83. The summed E-state index contributed by atoms with van der Waals surface area (Å²) in [6, 6.07) is 10.2. The van der Waals surface area contributed by atoms with E-state index in [1.807, 2.05) is 36.6 Å². The Morgan fingerprint density at radius 3 is 2.39 bits per heavy atom. The van der Waals surface area contributed by atoms with Crippen molar-refractivity contribution in [1.82, 2.24) is 9.71 Å². The van der Waals surface area contributed by atoms with Gasteiger partial charge in [-0.15, -0.1) is 11.3 Å². The Bertz CT molecular complexity index is 1130. The molecule has 0 bridgehead atoms. The van der Waals surface area contributed by atoms with Gasteiger partial charge in [-0.05, 0) is 49.6 Å². The quantitative estimate of drug-likeness (QED) is 0.635. The van der Waals surface area contributed by atoms with E-state index in [-0.39, 0.29) is 17.0 Å². The van der Waals surface area contributed by atoms with Gasteiger partial charge in [0.15, 0.2) is 0 Å². The standard InChI is InChI=1S/C20H20N2O4S2/c1-12-8-17(20(23)24)9-19(13(12)2)28(25,26)21-10-15-4-6-16(7-5-15)18-11-27-14(3)22-18/h4-9,11,21H,10H2,1-3H3,(H,23,24). The zero-order chi connectivity index (χ0) is 20.5. The summed E-state index contributed by atoms with van der Waals surface area (Å²) in [6.07, 6.45) is 0. The molecule has 2 aromatic carbocycles. The largest absolute Gasteiger partial charge is 0.478 e. The van der Waals surface area contributed by atoms with Gasteiger partial charge in [-0.2, -0.15) is 0 Å². The van der Waals surface area contributed by atoms with Crippen LogP contribution in [0.1, 0.15) is 32.1 Å². The maximum atomic E-state index is 12.7. The second-order valence-corrected chi connectivity index (χ2v) is 9.29. The van der Waals surface area contributed by atoms with Crippen molar-refractivity contribution in [3.63, 3.8) is 0 Å². The number of aromatic carboxylic acids is 1. The van der Waals surface area contributed by atoms with Gasteiger partial charge in [0.1, 0.15) is 0 Å². The van der Waals surface area contributed by atoms with Gasteiger partial charge in [0.05, 0.1) is 21.2 Å². The SMILES string of the molecule is Cc1nc(-c2ccc(CNS(=O)(=O)c3cc(C(=O)O)cc(C)c3C)cc2)cs1. The maximum Gasteiger partial charge on any atom is 0.335 e. The minimum absolute atomic E-state index is 0.0144. The van der Waals surface area contributed by atoms with Crippen LogP contribution in [-0.2, 0) is 16.6 Å². The van der Waals surface area contributed by atoms with Crippen molar-refractivity contribution in [1.29, 1.82) is 0 Å². The highest BCUT2D eigenvalue weighted by Gasteiger charge is 2.20. The van der Waals surface area contributed by atoms with Crippen LogP contribution in [0.3, 0.4) is 0 Å². The Kier molecular flexibility index (Phi) is 5.64. The smallest absolute Gasteiger partial charge is 0.335 e. The van der Waals surface area contributed by atoms with E-state index in [4.69, 9.17) is 0 Å². The number of aryl methyl sites for hydroxylation is 2. The topological polar surface area (TPSA) is 96.4 Å². The van der Waals surface area contributed by atoms with E-state index < -0.39 is 16.0 Å². The van der Waals surface area contributed by atoms with Gasteiger partial charge in [-0.1, -0.05) is 24.3 Å². The van der Waals surface area contributed by atoms with Crippen molar-refractivity contribution in [2.75, 3.05) is 0 Å². The Balaban J connectivity index is 1.79. The van der Waals surface area contributed by atoms with Crippen LogP contribution in [-0.4, -0.2) is 24.5 Å². The minimum atomic E-state index is -3.85. The Hall–Kier alpha value is -2.55. The summed E-state index contributed by atoms with van der Waals surface area (Å²) >= 11 is 1.58. The molecule has 3 aromatic rings. The van der Waals surface area contributed by atoms with E-state index in [1.165, 1.54) is 12.1 Å². The first-order valence-corrected chi connectivity index (χ1v) is 10.9. The number of aromatic nitrogens is 1. The van der Waals surface area contributed by atoms with E-state index >= 15 is 0 Å². The molecule has 0 atom stereocenters. The number of nitrogens with one attached hydrogen (secondary N) is 1. The van der Waals surface area contributed by atoms with E-state index in [0.29, 0.717) is 11.1 Å². The fraction of sp³-hybridized carbons (Fsp3) is 0.200. The van der Waals surface area contributed by atoms with E-state index in [0.717, 1.165) is 21.8 Å². The summed E-state index contributed by atoms with van der Waals surface area (Å²) in [7, 11) is -3.85. The first-order chi connectivity index (χ1) is 13.2. The zero-order valence-electron chi connectivity index (χ0n) is 15.7. The third-order valence-corrected chi connectivity index (χ3v) is 6.79.